The zero-order valence-corrected chi connectivity index (χ0v) is 6.84. The van der Waals surface area contributed by atoms with Crippen molar-refractivity contribution in [2.45, 2.75) is 6.42 Å². The van der Waals surface area contributed by atoms with Crippen molar-refractivity contribution in [1.82, 2.24) is 15.1 Å². The molecule has 0 aromatic carbocycles. The van der Waals surface area contributed by atoms with Crippen molar-refractivity contribution < 1.29 is 4.52 Å². The normalized spacial score (nSPS) is 10.2. The average Bonchev–Trinajstić information content (AvgIpc) is 2.53. The molecule has 5 heteroatoms. The summed E-state index contributed by atoms with van der Waals surface area (Å²) in [4.78, 5) is 7.79. The summed E-state index contributed by atoms with van der Waals surface area (Å²) < 4.78 is 4.64. The topological polar surface area (TPSA) is 77.8 Å². The minimum Gasteiger partial charge on any atom is -0.351 e. The van der Waals surface area contributed by atoms with Crippen molar-refractivity contribution >= 4 is 6.01 Å². The molecule has 2 aromatic heterocycles. The molecule has 0 unspecified atom stereocenters. The Kier molecular flexibility index (Phi) is 1.91. The first-order valence-electron chi connectivity index (χ1n) is 3.81. The third-order valence-electron chi connectivity index (χ3n) is 1.60. The number of nitrogens with two attached hydrogens (primary N) is 1. The molecule has 2 aromatic rings. The Hall–Kier alpha value is -1.91. The van der Waals surface area contributed by atoms with Crippen LogP contribution in [-0.4, -0.2) is 15.1 Å². The van der Waals surface area contributed by atoms with Crippen LogP contribution in [0.25, 0.3) is 0 Å². The number of pyridine rings is 1. The van der Waals surface area contributed by atoms with Crippen molar-refractivity contribution in [3.8, 4) is 0 Å². The molecule has 0 bridgehead atoms. The molecule has 0 atom stereocenters. The Morgan fingerprint density at radius 2 is 2.08 bits per heavy atom. The second-order valence-electron chi connectivity index (χ2n) is 2.58. The second-order valence-corrected chi connectivity index (χ2v) is 2.58. The lowest BCUT2D eigenvalue weighted by Gasteiger charge is -1.92. The molecule has 66 valence electrons. The summed E-state index contributed by atoms with van der Waals surface area (Å²) in [5, 5.41) is 3.68. The van der Waals surface area contributed by atoms with E-state index in [1.807, 2.05) is 12.1 Å². The molecule has 0 amide bonds. The summed E-state index contributed by atoms with van der Waals surface area (Å²) in [6.45, 7) is 0. The molecule has 2 N–H and O–H groups in total. The lowest BCUT2D eigenvalue weighted by Crippen LogP contribution is -1.91. The van der Waals surface area contributed by atoms with Gasteiger partial charge >= 0.3 is 6.01 Å². The fourth-order valence-electron chi connectivity index (χ4n) is 1.02. The number of hydrogen-bond acceptors (Lipinski definition) is 5. The molecule has 13 heavy (non-hydrogen) atoms. The number of nitrogens with zero attached hydrogens (tertiary/aromatic N) is 3. The predicted molar refractivity (Wildman–Crippen MR) is 45.8 cm³/mol. The van der Waals surface area contributed by atoms with Gasteiger partial charge in [0.25, 0.3) is 0 Å². The van der Waals surface area contributed by atoms with Crippen LogP contribution >= 0.6 is 0 Å². The van der Waals surface area contributed by atoms with E-state index in [1.54, 1.807) is 12.4 Å². The molecule has 2 rings (SSSR count). The van der Waals surface area contributed by atoms with Crippen LogP contribution in [0.2, 0.25) is 0 Å². The van der Waals surface area contributed by atoms with Gasteiger partial charge in [-0.15, -0.1) is 0 Å². The molecule has 0 saturated heterocycles. The van der Waals surface area contributed by atoms with Gasteiger partial charge in [0.1, 0.15) is 0 Å². The van der Waals surface area contributed by atoms with Crippen molar-refractivity contribution in [1.29, 1.82) is 0 Å². The van der Waals surface area contributed by atoms with Gasteiger partial charge in [-0.25, -0.2) is 0 Å². The maximum Gasteiger partial charge on any atom is 0.318 e. The van der Waals surface area contributed by atoms with Crippen LogP contribution in [0.3, 0.4) is 0 Å². The highest BCUT2D eigenvalue weighted by Crippen LogP contribution is 2.05. The maximum absolute atomic E-state index is 5.28. The van der Waals surface area contributed by atoms with Gasteiger partial charge in [-0.2, -0.15) is 4.98 Å². The monoisotopic (exact) mass is 176 g/mol. The quantitative estimate of drug-likeness (QED) is 0.726. The largest absolute Gasteiger partial charge is 0.351 e. The zero-order valence-electron chi connectivity index (χ0n) is 6.84. The smallest absolute Gasteiger partial charge is 0.318 e. The van der Waals surface area contributed by atoms with Crippen LogP contribution in [0, 0.1) is 0 Å². The van der Waals surface area contributed by atoms with Crippen LogP contribution in [0.1, 0.15) is 11.4 Å². The Morgan fingerprint density at radius 3 is 2.69 bits per heavy atom. The third kappa shape index (κ3) is 1.81. The Labute approximate surface area is 74.6 Å². The summed E-state index contributed by atoms with van der Waals surface area (Å²) in [7, 11) is 0. The highest BCUT2D eigenvalue weighted by molar-refractivity contribution is 5.17. The first-order valence-corrected chi connectivity index (χ1v) is 3.81. The highest BCUT2D eigenvalue weighted by Gasteiger charge is 2.02. The fraction of sp³-hybridized carbons (Fsp3) is 0.125. The molecule has 0 fully saturated rings. The van der Waals surface area contributed by atoms with Gasteiger partial charge in [-0.1, -0.05) is 5.16 Å². The first kappa shape index (κ1) is 7.72. The van der Waals surface area contributed by atoms with E-state index in [0.717, 1.165) is 5.56 Å². The van der Waals surface area contributed by atoms with Crippen LogP contribution in [-0.2, 0) is 6.42 Å². The SMILES string of the molecule is Nc1nc(Cc2ccncc2)no1. The lowest BCUT2D eigenvalue weighted by molar-refractivity contribution is 0.428. The fourth-order valence-corrected chi connectivity index (χ4v) is 1.02. The minimum atomic E-state index is 0.101. The number of nitrogen functional groups attached to an aromatic ring is 1. The molecule has 0 aliphatic carbocycles. The molecule has 0 spiro atoms. The minimum absolute atomic E-state index is 0.101. The summed E-state index contributed by atoms with van der Waals surface area (Å²) in [5.74, 6) is 0.587. The molecule has 0 aliphatic rings. The van der Waals surface area contributed by atoms with E-state index in [-0.39, 0.29) is 6.01 Å². The third-order valence-corrected chi connectivity index (χ3v) is 1.60. The van der Waals surface area contributed by atoms with Crippen LogP contribution < -0.4 is 5.73 Å². The van der Waals surface area contributed by atoms with Crippen LogP contribution in [0.5, 0.6) is 0 Å². The summed E-state index contributed by atoms with van der Waals surface area (Å²) in [6, 6.07) is 3.89. The average molecular weight is 176 g/mol. The molecular weight excluding hydrogens is 168 g/mol. The summed E-state index contributed by atoms with van der Waals surface area (Å²) in [5.41, 5.74) is 6.36. The molecule has 5 nitrogen and oxygen atoms in total. The Bertz CT molecular complexity index is 384. The Morgan fingerprint density at radius 1 is 1.31 bits per heavy atom. The number of hydrogen-bond donors (Lipinski definition) is 1. The van der Waals surface area contributed by atoms with Crippen molar-refractivity contribution in [3.05, 3.63) is 35.9 Å². The number of anilines is 1. The van der Waals surface area contributed by atoms with Crippen LogP contribution in [0.15, 0.2) is 29.0 Å². The molecule has 0 radical (unpaired) electrons. The van der Waals surface area contributed by atoms with Gasteiger partial charge in [0, 0.05) is 18.8 Å². The first-order chi connectivity index (χ1) is 6.34. The van der Waals surface area contributed by atoms with Crippen LogP contribution in [0.4, 0.5) is 6.01 Å². The zero-order chi connectivity index (χ0) is 9.10. The molecule has 0 aliphatic heterocycles. The van der Waals surface area contributed by atoms with Gasteiger partial charge in [-0.05, 0) is 17.7 Å². The molecular formula is C8H8N4O. The van der Waals surface area contributed by atoms with Gasteiger partial charge < -0.3 is 10.3 Å². The van der Waals surface area contributed by atoms with E-state index in [4.69, 9.17) is 5.73 Å². The summed E-state index contributed by atoms with van der Waals surface area (Å²) in [6.07, 6.45) is 4.06. The Balaban J connectivity index is 2.15. The number of aromatic nitrogens is 3. The summed E-state index contributed by atoms with van der Waals surface area (Å²) >= 11 is 0. The van der Waals surface area contributed by atoms with Gasteiger partial charge in [-0.3, -0.25) is 4.98 Å². The van der Waals surface area contributed by atoms with E-state index < -0.39 is 0 Å². The molecule has 0 saturated carbocycles. The van der Waals surface area contributed by atoms with E-state index in [2.05, 4.69) is 19.6 Å². The van der Waals surface area contributed by atoms with E-state index in [0.29, 0.717) is 12.2 Å². The second kappa shape index (κ2) is 3.22. The standard InChI is InChI=1S/C8H8N4O/c9-8-11-7(12-13-8)5-6-1-3-10-4-2-6/h1-4H,5H2,(H2,9,11,12). The van der Waals surface area contributed by atoms with Gasteiger partial charge in [0.05, 0.1) is 0 Å². The van der Waals surface area contributed by atoms with E-state index in [1.165, 1.54) is 0 Å². The van der Waals surface area contributed by atoms with Gasteiger partial charge in [0.2, 0.25) is 0 Å². The van der Waals surface area contributed by atoms with Gasteiger partial charge in [0.15, 0.2) is 5.82 Å². The molecule has 2 heterocycles. The van der Waals surface area contributed by atoms with E-state index >= 15 is 0 Å². The number of rotatable bonds is 2. The van der Waals surface area contributed by atoms with E-state index in [9.17, 15) is 0 Å². The highest BCUT2D eigenvalue weighted by atomic mass is 16.5. The van der Waals surface area contributed by atoms with Crippen molar-refractivity contribution in [3.63, 3.8) is 0 Å². The van der Waals surface area contributed by atoms with Crippen molar-refractivity contribution in [2.24, 2.45) is 0 Å². The lowest BCUT2D eigenvalue weighted by atomic mass is 10.2. The predicted octanol–water partition coefficient (Wildman–Crippen LogP) is 0.638. The maximum atomic E-state index is 5.28. The van der Waals surface area contributed by atoms with Crippen molar-refractivity contribution in [2.75, 3.05) is 5.73 Å².